The zero-order valence-corrected chi connectivity index (χ0v) is 10.9. The van der Waals surface area contributed by atoms with Gasteiger partial charge in [0.15, 0.2) is 0 Å². The summed E-state index contributed by atoms with van der Waals surface area (Å²) in [5, 5.41) is 0. The van der Waals surface area contributed by atoms with Crippen molar-refractivity contribution in [2.45, 2.75) is 32.7 Å². The zero-order chi connectivity index (χ0) is 12.3. The minimum atomic E-state index is -0.299. The summed E-state index contributed by atoms with van der Waals surface area (Å²) in [5.74, 6) is -0.299. The first kappa shape index (κ1) is 14.2. The molecule has 0 aliphatic rings. The number of nitrogens with zero attached hydrogens (tertiary/aromatic N) is 1. The van der Waals surface area contributed by atoms with Crippen LogP contribution in [0.25, 0.3) is 0 Å². The number of ether oxygens (including phenoxy) is 1. The van der Waals surface area contributed by atoms with E-state index in [0.29, 0.717) is 12.2 Å². The van der Waals surface area contributed by atoms with Gasteiger partial charge in [-0.3, -0.25) is 0 Å². The Morgan fingerprint density at radius 2 is 1.80 bits per heavy atom. The van der Waals surface area contributed by atoms with Crippen molar-refractivity contribution in [3.8, 4) is 0 Å². The van der Waals surface area contributed by atoms with Crippen molar-refractivity contribution in [3.63, 3.8) is 0 Å². The minimum Gasteiger partial charge on any atom is -0.462 e. The van der Waals surface area contributed by atoms with Crippen LogP contribution >= 0.6 is 0 Å². The van der Waals surface area contributed by atoms with Crippen molar-refractivity contribution in [2.24, 2.45) is 0 Å². The van der Waals surface area contributed by atoms with E-state index in [-0.39, 0.29) is 11.5 Å². The highest BCUT2D eigenvalue weighted by atomic mass is 16.5. The molecule has 0 saturated carbocycles. The van der Waals surface area contributed by atoms with E-state index in [1.807, 2.05) is 0 Å². The summed E-state index contributed by atoms with van der Waals surface area (Å²) in [6.07, 6.45) is 0.843. The smallest absolute Gasteiger partial charge is 0.333 e. The van der Waals surface area contributed by atoms with Gasteiger partial charge in [0.05, 0.1) is 33.3 Å². The summed E-state index contributed by atoms with van der Waals surface area (Å²) >= 11 is 0. The molecule has 3 heteroatoms. The summed E-state index contributed by atoms with van der Waals surface area (Å²) in [7, 11) is 6.42. The minimum absolute atomic E-state index is 0.0926. The lowest BCUT2D eigenvalue weighted by molar-refractivity contribution is -0.920. The molecule has 0 unspecified atom stereocenters. The number of carbonyl (C=O) groups is 1. The lowest BCUT2D eigenvalue weighted by atomic mass is 9.97. The Balaban J connectivity index is 4.07. The van der Waals surface area contributed by atoms with Crippen LogP contribution in [0.4, 0.5) is 0 Å². The number of rotatable bonds is 5. The van der Waals surface area contributed by atoms with E-state index in [4.69, 9.17) is 4.74 Å². The standard InChI is InChI=1S/C12H24NO2/c1-10(2)11(14)15-9-8-12(3,4)13(5,6)7/h1,8-9H2,2-7H3/q+1. The molecule has 0 radical (unpaired) electrons. The second kappa shape index (κ2) is 4.79. The van der Waals surface area contributed by atoms with Gasteiger partial charge < -0.3 is 9.22 Å². The maximum atomic E-state index is 11.2. The maximum absolute atomic E-state index is 11.2. The third-order valence-electron chi connectivity index (χ3n) is 3.11. The van der Waals surface area contributed by atoms with Crippen molar-refractivity contribution in [3.05, 3.63) is 12.2 Å². The van der Waals surface area contributed by atoms with Crippen molar-refractivity contribution in [1.82, 2.24) is 0 Å². The molecule has 0 aromatic heterocycles. The number of carbonyl (C=O) groups excluding carboxylic acids is 1. The second-order valence-corrected chi connectivity index (χ2v) is 5.49. The van der Waals surface area contributed by atoms with Crippen LogP contribution in [0.5, 0.6) is 0 Å². The van der Waals surface area contributed by atoms with E-state index in [1.165, 1.54) is 0 Å². The van der Waals surface area contributed by atoms with Gasteiger partial charge in [0.2, 0.25) is 0 Å². The van der Waals surface area contributed by atoms with Gasteiger partial charge in [-0.1, -0.05) is 6.58 Å². The number of hydrogen-bond donors (Lipinski definition) is 0. The molecule has 0 N–H and O–H groups in total. The third kappa shape index (κ3) is 4.47. The van der Waals surface area contributed by atoms with Crippen molar-refractivity contribution in [1.29, 1.82) is 0 Å². The molecule has 0 heterocycles. The van der Waals surface area contributed by atoms with Crippen LogP contribution in [0.2, 0.25) is 0 Å². The molecule has 0 spiro atoms. The van der Waals surface area contributed by atoms with Gasteiger partial charge in [0, 0.05) is 12.0 Å². The topological polar surface area (TPSA) is 26.3 Å². The molecule has 0 aromatic rings. The van der Waals surface area contributed by atoms with Gasteiger partial charge in [0.1, 0.15) is 0 Å². The maximum Gasteiger partial charge on any atom is 0.333 e. The third-order valence-corrected chi connectivity index (χ3v) is 3.11. The first-order valence-electron chi connectivity index (χ1n) is 5.22. The number of hydrogen-bond acceptors (Lipinski definition) is 2. The Labute approximate surface area is 93.3 Å². The Hall–Kier alpha value is -0.830. The molecule has 0 aliphatic carbocycles. The van der Waals surface area contributed by atoms with Crippen molar-refractivity contribution < 1.29 is 14.0 Å². The van der Waals surface area contributed by atoms with Gasteiger partial charge >= 0.3 is 5.97 Å². The second-order valence-electron chi connectivity index (χ2n) is 5.49. The number of esters is 1. The van der Waals surface area contributed by atoms with Gasteiger partial charge in [-0.05, 0) is 20.8 Å². The van der Waals surface area contributed by atoms with Gasteiger partial charge in [-0.15, -0.1) is 0 Å². The molecule has 3 nitrogen and oxygen atoms in total. The lowest BCUT2D eigenvalue weighted by Crippen LogP contribution is -2.53. The first-order valence-corrected chi connectivity index (χ1v) is 5.22. The van der Waals surface area contributed by atoms with Crippen LogP contribution in [0.3, 0.4) is 0 Å². The van der Waals surface area contributed by atoms with Crippen LogP contribution < -0.4 is 0 Å². The summed E-state index contributed by atoms with van der Waals surface area (Å²) in [5.41, 5.74) is 0.549. The molecular weight excluding hydrogens is 190 g/mol. The highest BCUT2D eigenvalue weighted by Crippen LogP contribution is 2.21. The SMILES string of the molecule is C=C(C)C(=O)OCCC(C)(C)[N+](C)(C)C. The molecule has 0 aromatic carbocycles. The Bertz CT molecular complexity index is 249. The Morgan fingerprint density at radius 1 is 1.33 bits per heavy atom. The predicted octanol–water partition coefficient (Wildman–Crippen LogP) is 1.98. The first-order chi connectivity index (χ1) is 6.58. The Morgan fingerprint density at radius 3 is 2.13 bits per heavy atom. The largest absolute Gasteiger partial charge is 0.462 e. The quantitative estimate of drug-likeness (QED) is 0.397. The van der Waals surface area contributed by atoms with Crippen LogP contribution in [0.1, 0.15) is 27.2 Å². The van der Waals surface area contributed by atoms with Gasteiger partial charge in [0.25, 0.3) is 0 Å². The highest BCUT2D eigenvalue weighted by molar-refractivity contribution is 5.86. The fourth-order valence-electron chi connectivity index (χ4n) is 0.852. The summed E-state index contributed by atoms with van der Waals surface area (Å²) < 4.78 is 5.93. The van der Waals surface area contributed by atoms with Gasteiger partial charge in [-0.2, -0.15) is 0 Å². The van der Waals surface area contributed by atoms with E-state index >= 15 is 0 Å². The molecule has 15 heavy (non-hydrogen) atoms. The van der Waals surface area contributed by atoms with E-state index in [9.17, 15) is 4.79 Å². The molecule has 0 amide bonds. The lowest BCUT2D eigenvalue weighted by Gasteiger charge is -2.41. The van der Waals surface area contributed by atoms with Crippen LogP contribution in [-0.4, -0.2) is 43.7 Å². The molecule has 0 atom stereocenters. The number of quaternary nitrogens is 1. The molecule has 88 valence electrons. The monoisotopic (exact) mass is 214 g/mol. The van der Waals surface area contributed by atoms with E-state index < -0.39 is 0 Å². The summed E-state index contributed by atoms with van der Waals surface area (Å²) in [6, 6.07) is 0. The molecule has 0 rings (SSSR count). The molecular formula is C12H24NO2+. The van der Waals surface area contributed by atoms with Crippen LogP contribution in [-0.2, 0) is 9.53 Å². The molecule has 0 saturated heterocycles. The summed E-state index contributed by atoms with van der Waals surface area (Å²) in [4.78, 5) is 11.2. The fourth-order valence-corrected chi connectivity index (χ4v) is 0.852. The van der Waals surface area contributed by atoms with Gasteiger partial charge in [-0.25, -0.2) is 4.79 Å². The van der Waals surface area contributed by atoms with E-state index in [0.717, 1.165) is 10.9 Å². The Kier molecular flexibility index (Phi) is 4.53. The molecule has 0 fully saturated rings. The van der Waals surface area contributed by atoms with Crippen LogP contribution in [0.15, 0.2) is 12.2 Å². The van der Waals surface area contributed by atoms with Crippen LogP contribution in [0, 0.1) is 0 Å². The highest BCUT2D eigenvalue weighted by Gasteiger charge is 2.32. The predicted molar refractivity (Wildman–Crippen MR) is 62.5 cm³/mol. The summed E-state index contributed by atoms with van der Waals surface area (Å²) in [6.45, 7) is 9.99. The van der Waals surface area contributed by atoms with E-state index in [2.05, 4.69) is 41.6 Å². The van der Waals surface area contributed by atoms with E-state index in [1.54, 1.807) is 6.92 Å². The van der Waals surface area contributed by atoms with Crippen molar-refractivity contribution >= 4 is 5.97 Å². The molecule has 0 aliphatic heterocycles. The zero-order valence-electron chi connectivity index (χ0n) is 10.9. The molecule has 0 bridgehead atoms. The average Bonchev–Trinajstić information content (AvgIpc) is 2.01. The fraction of sp³-hybridized carbons (Fsp3) is 0.750. The normalized spacial score (nSPS) is 12.4. The average molecular weight is 214 g/mol. The van der Waals surface area contributed by atoms with Crippen molar-refractivity contribution in [2.75, 3.05) is 27.7 Å².